The Morgan fingerprint density at radius 2 is 1.84 bits per heavy atom. The fourth-order valence-corrected chi connectivity index (χ4v) is 2.34. The average molecular weight is 355 g/mol. The smallest absolute Gasteiger partial charge is 0.239 e. The van der Waals surface area contributed by atoms with E-state index < -0.39 is 28.9 Å². The molecule has 2 amide bonds. The molecule has 1 aromatic rings. The van der Waals surface area contributed by atoms with Gasteiger partial charge in [0.1, 0.15) is 5.41 Å². The molecule has 1 aromatic carbocycles. The number of benzene rings is 1. The van der Waals surface area contributed by atoms with Crippen LogP contribution in [0.5, 0.6) is 0 Å². The van der Waals surface area contributed by atoms with E-state index in [1.54, 1.807) is 0 Å². The average Bonchev–Trinajstić information content (AvgIpc) is 2.59. The first kappa shape index (κ1) is 19.3. The Bertz CT molecular complexity index is 632. The number of ether oxygens (including phenoxy) is 1. The molecule has 0 bridgehead atoms. The van der Waals surface area contributed by atoms with Crippen LogP contribution >= 0.6 is 0 Å². The van der Waals surface area contributed by atoms with Crippen LogP contribution in [0.15, 0.2) is 18.2 Å². The largest absolute Gasteiger partial charge is 0.379 e. The van der Waals surface area contributed by atoms with E-state index in [4.69, 9.17) is 4.74 Å². The van der Waals surface area contributed by atoms with Crippen LogP contribution in [0.3, 0.4) is 0 Å². The Morgan fingerprint density at radius 1 is 1.16 bits per heavy atom. The lowest BCUT2D eigenvalue weighted by molar-refractivity contribution is -0.138. The SMILES string of the molecule is CC(C)(C(=O)NCCN1CCOCC1)C(=O)Nc1ccc(F)c(F)c1. The van der Waals surface area contributed by atoms with Gasteiger partial charge < -0.3 is 15.4 Å². The van der Waals surface area contributed by atoms with Crippen molar-refractivity contribution in [2.24, 2.45) is 5.41 Å². The molecule has 138 valence electrons. The van der Waals surface area contributed by atoms with Crippen molar-refractivity contribution < 1.29 is 23.1 Å². The van der Waals surface area contributed by atoms with E-state index in [0.717, 1.165) is 25.2 Å². The molecule has 1 fully saturated rings. The monoisotopic (exact) mass is 355 g/mol. The van der Waals surface area contributed by atoms with E-state index >= 15 is 0 Å². The van der Waals surface area contributed by atoms with E-state index in [0.29, 0.717) is 26.3 Å². The summed E-state index contributed by atoms with van der Waals surface area (Å²) in [4.78, 5) is 26.8. The van der Waals surface area contributed by atoms with Gasteiger partial charge >= 0.3 is 0 Å². The molecule has 0 radical (unpaired) electrons. The third-order valence-electron chi connectivity index (χ3n) is 4.13. The van der Waals surface area contributed by atoms with Gasteiger partial charge in [-0.25, -0.2) is 8.78 Å². The summed E-state index contributed by atoms with van der Waals surface area (Å²) in [6.45, 7) is 7.03. The Morgan fingerprint density at radius 3 is 2.48 bits per heavy atom. The van der Waals surface area contributed by atoms with E-state index in [2.05, 4.69) is 15.5 Å². The maximum Gasteiger partial charge on any atom is 0.239 e. The van der Waals surface area contributed by atoms with E-state index in [-0.39, 0.29) is 5.69 Å². The molecular formula is C17H23F2N3O3. The van der Waals surface area contributed by atoms with Crippen LogP contribution in [0.4, 0.5) is 14.5 Å². The van der Waals surface area contributed by atoms with Crippen LogP contribution in [0, 0.1) is 17.0 Å². The first-order valence-corrected chi connectivity index (χ1v) is 8.15. The number of rotatable bonds is 6. The molecule has 0 atom stereocenters. The van der Waals surface area contributed by atoms with Gasteiger partial charge in [-0.1, -0.05) is 0 Å². The van der Waals surface area contributed by atoms with Crippen LogP contribution in [-0.4, -0.2) is 56.1 Å². The number of amides is 2. The highest BCUT2D eigenvalue weighted by Gasteiger charge is 2.36. The number of hydrogen-bond donors (Lipinski definition) is 2. The van der Waals surface area contributed by atoms with Gasteiger partial charge in [0.15, 0.2) is 11.6 Å². The van der Waals surface area contributed by atoms with Crippen molar-refractivity contribution in [2.75, 3.05) is 44.7 Å². The van der Waals surface area contributed by atoms with Crippen molar-refractivity contribution in [1.82, 2.24) is 10.2 Å². The molecule has 2 N–H and O–H groups in total. The number of morpholine rings is 1. The number of halogens is 2. The minimum Gasteiger partial charge on any atom is -0.379 e. The zero-order chi connectivity index (χ0) is 18.4. The van der Waals surface area contributed by atoms with Gasteiger partial charge in [-0.15, -0.1) is 0 Å². The number of carbonyl (C=O) groups excluding carboxylic acids is 2. The van der Waals surface area contributed by atoms with E-state index in [1.807, 2.05) is 0 Å². The summed E-state index contributed by atoms with van der Waals surface area (Å²) in [6, 6.07) is 3.03. The van der Waals surface area contributed by atoms with Crippen molar-refractivity contribution in [3.8, 4) is 0 Å². The van der Waals surface area contributed by atoms with Gasteiger partial charge in [0, 0.05) is 37.9 Å². The quantitative estimate of drug-likeness (QED) is 0.757. The highest BCUT2D eigenvalue weighted by molar-refractivity contribution is 6.09. The van der Waals surface area contributed by atoms with Gasteiger partial charge in [0.05, 0.1) is 13.2 Å². The molecule has 0 saturated carbocycles. The lowest BCUT2D eigenvalue weighted by Crippen LogP contribution is -2.48. The van der Waals surface area contributed by atoms with Gasteiger partial charge in [-0.2, -0.15) is 0 Å². The maximum atomic E-state index is 13.2. The fourth-order valence-electron chi connectivity index (χ4n) is 2.34. The predicted molar refractivity (Wildman–Crippen MR) is 89.0 cm³/mol. The summed E-state index contributed by atoms with van der Waals surface area (Å²) in [7, 11) is 0. The Hall–Kier alpha value is -2.06. The van der Waals surface area contributed by atoms with Crippen LogP contribution in [0.1, 0.15) is 13.8 Å². The second-order valence-corrected chi connectivity index (χ2v) is 6.42. The highest BCUT2D eigenvalue weighted by atomic mass is 19.2. The lowest BCUT2D eigenvalue weighted by atomic mass is 9.91. The molecule has 1 aliphatic rings. The highest BCUT2D eigenvalue weighted by Crippen LogP contribution is 2.20. The Balaban J connectivity index is 1.85. The number of nitrogens with zero attached hydrogens (tertiary/aromatic N) is 1. The van der Waals surface area contributed by atoms with Crippen molar-refractivity contribution in [3.63, 3.8) is 0 Å². The van der Waals surface area contributed by atoms with E-state index in [9.17, 15) is 18.4 Å². The van der Waals surface area contributed by atoms with Crippen molar-refractivity contribution in [2.45, 2.75) is 13.8 Å². The molecule has 1 aliphatic heterocycles. The minimum atomic E-state index is -1.35. The molecule has 25 heavy (non-hydrogen) atoms. The summed E-state index contributed by atoms with van der Waals surface area (Å²) in [5, 5.41) is 5.18. The molecule has 8 heteroatoms. The van der Waals surface area contributed by atoms with Gasteiger partial charge in [-0.05, 0) is 26.0 Å². The van der Waals surface area contributed by atoms with Crippen molar-refractivity contribution in [3.05, 3.63) is 29.8 Å². The zero-order valence-corrected chi connectivity index (χ0v) is 14.4. The first-order chi connectivity index (χ1) is 11.8. The summed E-state index contributed by atoms with van der Waals surface area (Å²) < 4.78 is 31.4. The predicted octanol–water partition coefficient (Wildman–Crippen LogP) is 1.38. The molecule has 0 aromatic heterocycles. The minimum absolute atomic E-state index is 0.0955. The van der Waals surface area contributed by atoms with Crippen LogP contribution in [-0.2, 0) is 14.3 Å². The summed E-state index contributed by atoms with van der Waals surface area (Å²) >= 11 is 0. The molecule has 0 aliphatic carbocycles. The molecular weight excluding hydrogens is 332 g/mol. The summed E-state index contributed by atoms with van der Waals surface area (Å²) in [5.74, 6) is -3.09. The summed E-state index contributed by atoms with van der Waals surface area (Å²) in [6.07, 6.45) is 0. The first-order valence-electron chi connectivity index (χ1n) is 8.15. The fraction of sp³-hybridized carbons (Fsp3) is 0.529. The van der Waals surface area contributed by atoms with E-state index in [1.165, 1.54) is 19.9 Å². The van der Waals surface area contributed by atoms with Gasteiger partial charge in [-0.3, -0.25) is 14.5 Å². The number of anilines is 1. The molecule has 0 spiro atoms. The maximum absolute atomic E-state index is 13.2. The van der Waals surface area contributed by atoms with Crippen LogP contribution in [0.25, 0.3) is 0 Å². The third kappa shape index (κ3) is 5.20. The standard InChI is InChI=1S/C17H23F2N3O3/c1-17(2,15(23)20-5-6-22-7-9-25-10-8-22)16(24)21-12-3-4-13(18)14(19)11-12/h3-4,11H,5-10H2,1-2H3,(H,20,23)(H,21,24). The van der Waals surface area contributed by atoms with Crippen LogP contribution < -0.4 is 10.6 Å². The number of carbonyl (C=O) groups is 2. The van der Waals surface area contributed by atoms with Gasteiger partial charge in [0.2, 0.25) is 11.8 Å². The second-order valence-electron chi connectivity index (χ2n) is 6.42. The topological polar surface area (TPSA) is 70.7 Å². The summed E-state index contributed by atoms with van der Waals surface area (Å²) in [5.41, 5.74) is -1.26. The molecule has 0 unspecified atom stereocenters. The normalized spacial score (nSPS) is 15.7. The third-order valence-corrected chi connectivity index (χ3v) is 4.13. The Labute approximate surface area is 145 Å². The molecule has 6 nitrogen and oxygen atoms in total. The number of nitrogens with one attached hydrogen (secondary N) is 2. The van der Waals surface area contributed by atoms with Crippen molar-refractivity contribution in [1.29, 1.82) is 0 Å². The second kappa shape index (κ2) is 8.35. The Kier molecular flexibility index (Phi) is 6.44. The van der Waals surface area contributed by atoms with Crippen molar-refractivity contribution >= 4 is 17.5 Å². The molecule has 1 heterocycles. The molecule has 1 saturated heterocycles. The number of hydrogen-bond acceptors (Lipinski definition) is 4. The lowest BCUT2D eigenvalue weighted by Gasteiger charge is -2.27. The van der Waals surface area contributed by atoms with Gasteiger partial charge in [0.25, 0.3) is 0 Å². The van der Waals surface area contributed by atoms with Crippen LogP contribution in [0.2, 0.25) is 0 Å². The zero-order valence-electron chi connectivity index (χ0n) is 14.4. The molecule has 2 rings (SSSR count).